The predicted molar refractivity (Wildman–Crippen MR) is 73.5 cm³/mol. The summed E-state index contributed by atoms with van der Waals surface area (Å²) in [5.41, 5.74) is 1.31. The summed E-state index contributed by atoms with van der Waals surface area (Å²) in [6, 6.07) is 6.64. The van der Waals surface area contributed by atoms with Crippen LogP contribution in [0.25, 0.3) is 0 Å². The van der Waals surface area contributed by atoms with Gasteiger partial charge in [0.1, 0.15) is 5.75 Å². The third-order valence-corrected chi connectivity index (χ3v) is 3.34. The molecule has 0 amide bonds. The Hall–Kier alpha value is -1.82. The topological polar surface area (TPSA) is 64.4 Å². The summed E-state index contributed by atoms with van der Waals surface area (Å²) in [7, 11) is 1.88. The molecule has 0 bridgehead atoms. The largest absolute Gasteiger partial charge is 0.492 e. The van der Waals surface area contributed by atoms with Crippen LogP contribution in [-0.2, 0) is 13.5 Å². The minimum Gasteiger partial charge on any atom is -0.492 e. The Morgan fingerprint density at radius 2 is 2.26 bits per heavy atom. The second kappa shape index (κ2) is 5.88. The van der Waals surface area contributed by atoms with Gasteiger partial charge in [-0.1, -0.05) is 0 Å². The molecule has 2 rings (SSSR count). The minimum atomic E-state index is -0.956. The van der Waals surface area contributed by atoms with E-state index in [-0.39, 0.29) is 5.56 Å². The molecule has 5 nitrogen and oxygen atoms in total. The molecule has 0 unspecified atom stereocenters. The van der Waals surface area contributed by atoms with Gasteiger partial charge in [0.05, 0.1) is 16.6 Å². The van der Waals surface area contributed by atoms with Gasteiger partial charge in [-0.3, -0.25) is 4.68 Å². The van der Waals surface area contributed by atoms with Crippen LogP contribution in [0.2, 0.25) is 0 Å². The van der Waals surface area contributed by atoms with E-state index in [9.17, 15) is 4.79 Å². The molecule has 6 heteroatoms. The molecule has 1 aromatic carbocycles. The summed E-state index contributed by atoms with van der Waals surface area (Å²) >= 11 is 3.30. The van der Waals surface area contributed by atoms with Crippen LogP contribution in [0.4, 0.5) is 0 Å². The van der Waals surface area contributed by atoms with Gasteiger partial charge in [0.15, 0.2) is 0 Å². The highest BCUT2D eigenvalue weighted by Gasteiger charge is 2.08. The number of ether oxygens (including phenoxy) is 1. The molecular formula is C13H13BrN2O3. The zero-order chi connectivity index (χ0) is 13.8. The first kappa shape index (κ1) is 13.6. The van der Waals surface area contributed by atoms with E-state index in [1.165, 1.54) is 12.1 Å². The SMILES string of the molecule is Cn1nccc1CCOc1ccc(C(=O)O)cc1Br. The van der Waals surface area contributed by atoms with Crippen LogP contribution in [0.3, 0.4) is 0 Å². The first-order valence-electron chi connectivity index (χ1n) is 5.70. The molecule has 0 saturated carbocycles. The Bertz CT molecular complexity index is 595. The lowest BCUT2D eigenvalue weighted by molar-refractivity contribution is 0.0697. The fourth-order valence-electron chi connectivity index (χ4n) is 1.66. The van der Waals surface area contributed by atoms with Crippen LogP contribution in [0.1, 0.15) is 16.1 Å². The van der Waals surface area contributed by atoms with Crippen LogP contribution in [0.5, 0.6) is 5.75 Å². The summed E-state index contributed by atoms with van der Waals surface area (Å²) in [6.07, 6.45) is 2.48. The van der Waals surface area contributed by atoms with Gasteiger partial charge in [-0.15, -0.1) is 0 Å². The number of nitrogens with zero attached hydrogens (tertiary/aromatic N) is 2. The number of halogens is 1. The molecule has 0 aliphatic rings. The van der Waals surface area contributed by atoms with Crippen LogP contribution < -0.4 is 4.74 Å². The van der Waals surface area contributed by atoms with Gasteiger partial charge in [0, 0.05) is 25.4 Å². The van der Waals surface area contributed by atoms with Gasteiger partial charge < -0.3 is 9.84 Å². The van der Waals surface area contributed by atoms with Crippen molar-refractivity contribution in [2.45, 2.75) is 6.42 Å². The molecular weight excluding hydrogens is 312 g/mol. The summed E-state index contributed by atoms with van der Waals surface area (Å²) in [5, 5.41) is 12.9. The fraction of sp³-hybridized carbons (Fsp3) is 0.231. The van der Waals surface area contributed by atoms with Crippen LogP contribution in [0, 0.1) is 0 Å². The average molecular weight is 325 g/mol. The number of aryl methyl sites for hydroxylation is 1. The van der Waals surface area contributed by atoms with Gasteiger partial charge in [-0.2, -0.15) is 5.10 Å². The summed E-state index contributed by atoms with van der Waals surface area (Å²) in [6.45, 7) is 0.505. The Morgan fingerprint density at radius 1 is 1.47 bits per heavy atom. The molecule has 19 heavy (non-hydrogen) atoms. The fourth-order valence-corrected chi connectivity index (χ4v) is 2.16. The number of carboxylic acid groups (broad SMARTS) is 1. The first-order chi connectivity index (χ1) is 9.08. The van der Waals surface area contributed by atoms with Gasteiger partial charge in [0.2, 0.25) is 0 Å². The first-order valence-corrected chi connectivity index (χ1v) is 6.50. The van der Waals surface area contributed by atoms with Crippen molar-refractivity contribution in [3.63, 3.8) is 0 Å². The van der Waals surface area contributed by atoms with Crippen molar-refractivity contribution in [3.8, 4) is 5.75 Å². The zero-order valence-electron chi connectivity index (χ0n) is 10.3. The molecule has 0 radical (unpaired) electrons. The summed E-state index contributed by atoms with van der Waals surface area (Å²) in [4.78, 5) is 10.8. The highest BCUT2D eigenvalue weighted by atomic mass is 79.9. The van der Waals surface area contributed by atoms with E-state index in [1.54, 1.807) is 16.9 Å². The standard InChI is InChI=1S/C13H13BrN2O3/c1-16-10(4-6-15-16)5-7-19-12-3-2-9(13(17)18)8-11(12)14/h2-4,6,8H,5,7H2,1H3,(H,17,18). The minimum absolute atomic E-state index is 0.228. The highest BCUT2D eigenvalue weighted by molar-refractivity contribution is 9.10. The van der Waals surface area contributed by atoms with E-state index in [2.05, 4.69) is 21.0 Å². The molecule has 1 N–H and O–H groups in total. The lowest BCUT2D eigenvalue weighted by atomic mass is 10.2. The van der Waals surface area contributed by atoms with Crippen molar-refractivity contribution in [3.05, 3.63) is 46.2 Å². The van der Waals surface area contributed by atoms with Crippen molar-refractivity contribution in [2.75, 3.05) is 6.61 Å². The third-order valence-electron chi connectivity index (χ3n) is 2.72. The molecule has 0 atom stereocenters. The molecule has 0 fully saturated rings. The summed E-state index contributed by atoms with van der Waals surface area (Å²) < 4.78 is 8.05. The molecule has 1 heterocycles. The second-order valence-electron chi connectivity index (χ2n) is 3.99. The molecule has 0 saturated heterocycles. The smallest absolute Gasteiger partial charge is 0.335 e. The maximum Gasteiger partial charge on any atom is 0.335 e. The van der Waals surface area contributed by atoms with Gasteiger partial charge >= 0.3 is 5.97 Å². The highest BCUT2D eigenvalue weighted by Crippen LogP contribution is 2.26. The maximum absolute atomic E-state index is 10.8. The van der Waals surface area contributed by atoms with E-state index < -0.39 is 5.97 Å². The number of rotatable bonds is 5. The quantitative estimate of drug-likeness (QED) is 0.917. The monoisotopic (exact) mass is 324 g/mol. The Balaban J connectivity index is 1.96. The van der Waals surface area contributed by atoms with E-state index >= 15 is 0 Å². The van der Waals surface area contributed by atoms with Crippen molar-refractivity contribution in [1.29, 1.82) is 0 Å². The number of carboxylic acids is 1. The van der Waals surface area contributed by atoms with Gasteiger partial charge in [-0.25, -0.2) is 4.79 Å². The predicted octanol–water partition coefficient (Wildman–Crippen LogP) is 2.50. The normalized spacial score (nSPS) is 10.4. The Labute approximate surface area is 118 Å². The average Bonchev–Trinajstić information content (AvgIpc) is 2.77. The summed E-state index contributed by atoms with van der Waals surface area (Å²) in [5.74, 6) is -0.325. The molecule has 0 aliphatic carbocycles. The van der Waals surface area contributed by atoms with Crippen molar-refractivity contribution in [2.24, 2.45) is 7.05 Å². The van der Waals surface area contributed by atoms with E-state index in [0.29, 0.717) is 16.8 Å². The van der Waals surface area contributed by atoms with Gasteiger partial charge in [-0.05, 0) is 40.2 Å². The van der Waals surface area contributed by atoms with Gasteiger partial charge in [0.25, 0.3) is 0 Å². The number of aromatic nitrogens is 2. The lowest BCUT2D eigenvalue weighted by Crippen LogP contribution is -2.06. The Kier molecular flexibility index (Phi) is 4.21. The zero-order valence-corrected chi connectivity index (χ0v) is 11.9. The lowest BCUT2D eigenvalue weighted by Gasteiger charge is -2.09. The molecule has 1 aromatic heterocycles. The van der Waals surface area contributed by atoms with Crippen molar-refractivity contribution >= 4 is 21.9 Å². The number of hydrogen-bond donors (Lipinski definition) is 1. The number of aromatic carboxylic acids is 1. The second-order valence-corrected chi connectivity index (χ2v) is 4.85. The van der Waals surface area contributed by atoms with Crippen LogP contribution >= 0.6 is 15.9 Å². The Morgan fingerprint density at radius 3 is 2.84 bits per heavy atom. The van der Waals surface area contributed by atoms with E-state index in [1.807, 2.05) is 13.1 Å². The van der Waals surface area contributed by atoms with E-state index in [0.717, 1.165) is 12.1 Å². The number of carbonyl (C=O) groups is 1. The van der Waals surface area contributed by atoms with Crippen LogP contribution in [0.15, 0.2) is 34.9 Å². The molecule has 0 spiro atoms. The van der Waals surface area contributed by atoms with Crippen molar-refractivity contribution < 1.29 is 14.6 Å². The molecule has 2 aromatic rings. The number of benzene rings is 1. The van der Waals surface area contributed by atoms with Crippen molar-refractivity contribution in [1.82, 2.24) is 9.78 Å². The van der Waals surface area contributed by atoms with E-state index in [4.69, 9.17) is 9.84 Å². The maximum atomic E-state index is 10.8. The number of hydrogen-bond acceptors (Lipinski definition) is 3. The molecule has 100 valence electrons. The molecule has 0 aliphatic heterocycles. The van der Waals surface area contributed by atoms with Crippen LogP contribution in [-0.4, -0.2) is 27.5 Å². The third kappa shape index (κ3) is 3.35.